The molecule has 2 atom stereocenters. The zero-order valence-electron chi connectivity index (χ0n) is 19.7. The van der Waals surface area contributed by atoms with E-state index in [1.165, 1.54) is 15.4 Å². The molecule has 4 heterocycles. The minimum absolute atomic E-state index is 0.101. The van der Waals surface area contributed by atoms with Gasteiger partial charge in [0, 0.05) is 25.8 Å². The zero-order valence-corrected chi connectivity index (χ0v) is 19.7. The molecule has 0 unspecified atom stereocenters. The molecule has 1 saturated heterocycles. The van der Waals surface area contributed by atoms with Crippen LogP contribution >= 0.6 is 0 Å². The Hall–Kier alpha value is -3.44. The summed E-state index contributed by atoms with van der Waals surface area (Å²) >= 11 is 0. The Balaban J connectivity index is 1.55. The Kier molecular flexibility index (Phi) is 6.20. The van der Waals surface area contributed by atoms with Gasteiger partial charge >= 0.3 is 5.69 Å². The Morgan fingerprint density at radius 2 is 1.74 bits per heavy atom. The highest BCUT2D eigenvalue weighted by Gasteiger charge is 2.23. The van der Waals surface area contributed by atoms with E-state index in [2.05, 4.69) is 20.0 Å². The van der Waals surface area contributed by atoms with Crippen LogP contribution in [0.2, 0.25) is 0 Å². The summed E-state index contributed by atoms with van der Waals surface area (Å²) in [6.45, 7) is 8.04. The first-order chi connectivity index (χ1) is 16.8. The minimum atomic E-state index is -0.828. The van der Waals surface area contributed by atoms with Crippen molar-refractivity contribution in [3.63, 3.8) is 0 Å². The third kappa shape index (κ3) is 4.48. The lowest BCUT2D eigenvalue weighted by molar-refractivity contribution is -0.0705. The van der Waals surface area contributed by atoms with Gasteiger partial charge in [-0.05, 0) is 50.1 Å². The quantitative estimate of drug-likeness (QED) is 0.416. The van der Waals surface area contributed by atoms with Gasteiger partial charge in [0.05, 0.1) is 30.7 Å². The smallest absolute Gasteiger partial charge is 0.352 e. The molecule has 11 heteroatoms. The Morgan fingerprint density at radius 3 is 2.43 bits per heavy atom. The first kappa shape index (κ1) is 23.3. The number of benzene rings is 1. The van der Waals surface area contributed by atoms with Crippen LogP contribution in [0.25, 0.3) is 16.7 Å². The van der Waals surface area contributed by atoms with E-state index < -0.39 is 23.1 Å². The lowest BCUT2D eigenvalue weighted by Crippen LogP contribution is -2.44. The summed E-state index contributed by atoms with van der Waals surface area (Å²) in [5, 5.41) is 4.68. The summed E-state index contributed by atoms with van der Waals surface area (Å²) in [7, 11) is 0. The number of rotatable bonds is 6. The maximum Gasteiger partial charge on any atom is 0.352 e. The number of pyridine rings is 1. The van der Waals surface area contributed by atoms with Crippen molar-refractivity contribution >= 4 is 16.7 Å². The molecule has 35 heavy (non-hydrogen) atoms. The predicted octanol–water partition coefficient (Wildman–Crippen LogP) is 2.77. The molecule has 1 fully saturated rings. The maximum atomic E-state index is 14.4. The van der Waals surface area contributed by atoms with Crippen LogP contribution in [0.15, 0.2) is 35.5 Å². The van der Waals surface area contributed by atoms with E-state index in [0.717, 1.165) is 30.8 Å². The largest absolute Gasteiger partial charge is 0.488 e. The van der Waals surface area contributed by atoms with Crippen molar-refractivity contribution < 1.29 is 18.3 Å². The highest BCUT2D eigenvalue weighted by molar-refractivity contribution is 5.89. The fourth-order valence-corrected chi connectivity index (χ4v) is 4.72. The van der Waals surface area contributed by atoms with E-state index >= 15 is 0 Å². The van der Waals surface area contributed by atoms with Crippen LogP contribution in [0, 0.1) is 11.6 Å². The van der Waals surface area contributed by atoms with E-state index in [-0.39, 0.29) is 30.9 Å². The van der Waals surface area contributed by atoms with Crippen LogP contribution < -0.4 is 10.4 Å². The summed E-state index contributed by atoms with van der Waals surface area (Å²) in [5.41, 5.74) is 1.44. The van der Waals surface area contributed by atoms with Crippen LogP contribution in [-0.2, 0) is 17.8 Å². The second kappa shape index (κ2) is 9.31. The number of ether oxygens (including phenoxy) is 2. The SMILES string of the molecule is CCOc1c(F)cc(Cn2c(=O)n3ncnc3c3cc(CN4C[C@@H](C)O[C@@H](C)C4)cnc32)cc1F. The average molecular weight is 485 g/mol. The predicted molar refractivity (Wildman–Crippen MR) is 124 cm³/mol. The number of fused-ring (bicyclic) bond motifs is 3. The number of hydrogen-bond donors (Lipinski definition) is 0. The van der Waals surface area contributed by atoms with Crippen molar-refractivity contribution in [3.8, 4) is 5.75 Å². The molecule has 1 aromatic carbocycles. The van der Waals surface area contributed by atoms with Crippen molar-refractivity contribution in [2.45, 2.75) is 46.1 Å². The second-order valence-corrected chi connectivity index (χ2v) is 8.85. The van der Waals surface area contributed by atoms with Crippen molar-refractivity contribution in [3.05, 3.63) is 64.0 Å². The van der Waals surface area contributed by atoms with E-state index in [1.807, 2.05) is 19.9 Å². The molecule has 0 amide bonds. The summed E-state index contributed by atoms with van der Waals surface area (Å²) in [6, 6.07) is 4.26. The number of hydrogen-bond acceptors (Lipinski definition) is 7. The zero-order chi connectivity index (χ0) is 24.7. The molecule has 184 valence electrons. The summed E-state index contributed by atoms with van der Waals surface area (Å²) in [4.78, 5) is 24.3. The van der Waals surface area contributed by atoms with E-state index in [9.17, 15) is 13.6 Å². The molecule has 5 rings (SSSR count). The van der Waals surface area contributed by atoms with E-state index in [1.54, 1.807) is 13.1 Å². The van der Waals surface area contributed by atoms with Crippen molar-refractivity contribution in [1.29, 1.82) is 0 Å². The van der Waals surface area contributed by atoms with Gasteiger partial charge in [-0.25, -0.2) is 23.5 Å². The van der Waals surface area contributed by atoms with Crippen molar-refractivity contribution in [1.82, 2.24) is 29.0 Å². The van der Waals surface area contributed by atoms with Gasteiger partial charge in [-0.2, -0.15) is 9.61 Å². The second-order valence-electron chi connectivity index (χ2n) is 8.85. The fraction of sp³-hybridized carbons (Fsp3) is 0.417. The molecule has 0 saturated carbocycles. The highest BCUT2D eigenvalue weighted by Crippen LogP contribution is 2.25. The van der Waals surface area contributed by atoms with Gasteiger partial charge in [0.1, 0.15) is 12.0 Å². The summed E-state index contributed by atoms with van der Waals surface area (Å²) < 4.78 is 42.3. The monoisotopic (exact) mass is 484 g/mol. The van der Waals surface area contributed by atoms with Gasteiger partial charge in [-0.3, -0.25) is 9.47 Å². The third-order valence-corrected chi connectivity index (χ3v) is 5.97. The molecule has 4 aromatic rings. The summed E-state index contributed by atoms with van der Waals surface area (Å²) in [5.74, 6) is -2.09. The van der Waals surface area contributed by atoms with Gasteiger partial charge in [0.2, 0.25) is 0 Å². The molecular formula is C24H26F2N6O3. The average Bonchev–Trinajstić information content (AvgIpc) is 3.29. The number of halogens is 2. The molecular weight excluding hydrogens is 458 g/mol. The lowest BCUT2D eigenvalue weighted by atomic mass is 10.1. The normalized spacial score (nSPS) is 19.0. The fourth-order valence-electron chi connectivity index (χ4n) is 4.72. The molecule has 1 aliphatic heterocycles. The first-order valence-corrected chi connectivity index (χ1v) is 11.5. The van der Waals surface area contributed by atoms with Gasteiger partial charge in [-0.1, -0.05) is 0 Å². The van der Waals surface area contributed by atoms with Crippen LogP contribution in [0.5, 0.6) is 5.75 Å². The number of morpholine rings is 1. The number of aromatic nitrogens is 5. The third-order valence-electron chi connectivity index (χ3n) is 5.97. The van der Waals surface area contributed by atoms with E-state index in [4.69, 9.17) is 9.47 Å². The topological polar surface area (TPSA) is 86.8 Å². The standard InChI is InChI=1S/C24H26F2N6O3/c1-4-34-21-19(25)6-16(7-20(21)26)12-31-22-18(23-28-13-29-32(23)24(31)33)5-17(8-27-22)11-30-9-14(2)35-15(3)10-30/h5-8,13-15H,4,9-12H2,1-3H3/t14-,15+. The van der Waals surface area contributed by atoms with Gasteiger partial charge in [0.15, 0.2) is 23.0 Å². The molecule has 3 aromatic heterocycles. The molecule has 1 aliphatic rings. The molecule has 0 N–H and O–H groups in total. The molecule has 0 radical (unpaired) electrons. The van der Waals surface area contributed by atoms with Crippen molar-refractivity contribution in [2.75, 3.05) is 19.7 Å². The van der Waals surface area contributed by atoms with Crippen LogP contribution in [0.4, 0.5) is 8.78 Å². The van der Waals surface area contributed by atoms with Crippen molar-refractivity contribution in [2.24, 2.45) is 0 Å². The number of nitrogens with zero attached hydrogens (tertiary/aromatic N) is 6. The maximum absolute atomic E-state index is 14.4. The minimum Gasteiger partial charge on any atom is -0.488 e. The highest BCUT2D eigenvalue weighted by atomic mass is 19.1. The first-order valence-electron chi connectivity index (χ1n) is 11.5. The van der Waals surface area contributed by atoms with Gasteiger partial charge < -0.3 is 9.47 Å². The van der Waals surface area contributed by atoms with Crippen LogP contribution in [-0.4, -0.2) is 61.0 Å². The molecule has 0 bridgehead atoms. The van der Waals surface area contributed by atoms with E-state index in [0.29, 0.717) is 23.2 Å². The van der Waals surface area contributed by atoms with Gasteiger partial charge in [0.25, 0.3) is 0 Å². The Bertz CT molecular complexity index is 1420. The van der Waals surface area contributed by atoms with Crippen LogP contribution in [0.3, 0.4) is 0 Å². The Labute approximate surface area is 199 Å². The van der Waals surface area contributed by atoms with Crippen LogP contribution in [0.1, 0.15) is 31.9 Å². The van der Waals surface area contributed by atoms with Gasteiger partial charge in [-0.15, -0.1) is 0 Å². The molecule has 0 spiro atoms. The Morgan fingerprint density at radius 1 is 1.03 bits per heavy atom. The molecule has 9 nitrogen and oxygen atoms in total. The molecule has 0 aliphatic carbocycles. The summed E-state index contributed by atoms with van der Waals surface area (Å²) in [6.07, 6.45) is 3.29. The lowest BCUT2D eigenvalue weighted by Gasteiger charge is -2.35.